The number of benzene rings is 1. The summed E-state index contributed by atoms with van der Waals surface area (Å²) in [6.07, 6.45) is 10.2. The lowest BCUT2D eigenvalue weighted by atomic mass is 9.84. The van der Waals surface area contributed by atoms with Crippen LogP contribution < -0.4 is 5.73 Å². The molecule has 0 fully saturated rings. The molecule has 0 atom stereocenters. The fraction of sp³-hybridized carbons (Fsp3) is 0.333. The normalized spacial score (nSPS) is 15.1. The van der Waals surface area contributed by atoms with E-state index < -0.39 is 0 Å². The summed E-state index contributed by atoms with van der Waals surface area (Å²) in [6.45, 7) is 2.24. The van der Waals surface area contributed by atoms with Gasteiger partial charge in [-0.25, -0.2) is 4.98 Å². The number of nitrogens with zero attached hydrogens (tertiary/aromatic N) is 3. The van der Waals surface area contributed by atoms with E-state index in [0.29, 0.717) is 0 Å². The van der Waals surface area contributed by atoms with Crippen LogP contribution in [-0.2, 0) is 17.6 Å². The van der Waals surface area contributed by atoms with Crippen molar-refractivity contribution in [2.75, 3.05) is 13.6 Å². The number of hydrogen-bond donors (Lipinski definition) is 1. The summed E-state index contributed by atoms with van der Waals surface area (Å²) >= 11 is 0. The zero-order chi connectivity index (χ0) is 18.5. The molecular formula is C21H24N4O. The molecule has 1 aliphatic carbocycles. The van der Waals surface area contributed by atoms with Crippen LogP contribution in [0.3, 0.4) is 0 Å². The minimum absolute atomic E-state index is 0.128. The van der Waals surface area contributed by atoms with Crippen molar-refractivity contribution in [1.82, 2.24) is 4.98 Å². The molecule has 2 aromatic rings. The Labute approximate surface area is 153 Å². The molecule has 0 saturated carbocycles. The van der Waals surface area contributed by atoms with Gasteiger partial charge in [0, 0.05) is 42.2 Å². The third kappa shape index (κ3) is 3.29. The molecule has 0 saturated heterocycles. The standard InChI is InChI=1S/C21H24N4O/c1-14-7-8-19-20(18(14)13-23-2)16-5-3-4-6-17(16)21(25-19)15(11-22)12-24-9-10-26/h7-8,10-13H,3-6,9,22H2,1-2H3/b15-11+,23-13?,24-12?. The highest BCUT2D eigenvalue weighted by atomic mass is 16.1. The zero-order valence-corrected chi connectivity index (χ0v) is 15.3. The van der Waals surface area contributed by atoms with Crippen molar-refractivity contribution in [3.05, 3.63) is 46.3 Å². The van der Waals surface area contributed by atoms with Crippen LogP contribution in [0.1, 0.15) is 40.8 Å². The highest BCUT2D eigenvalue weighted by Gasteiger charge is 2.21. The van der Waals surface area contributed by atoms with E-state index in [1.807, 2.05) is 6.21 Å². The van der Waals surface area contributed by atoms with Crippen molar-refractivity contribution in [3.8, 4) is 0 Å². The number of aryl methyl sites for hydroxylation is 2. The molecule has 1 aromatic carbocycles. The SMILES string of the molecule is CN=Cc1c(C)ccc2nc(/C(C=NCC=O)=C/N)c3c(c12)CCCC3. The number of carbonyl (C=O) groups is 1. The number of rotatable bonds is 5. The summed E-state index contributed by atoms with van der Waals surface area (Å²) in [6, 6.07) is 4.14. The highest BCUT2D eigenvalue weighted by Crippen LogP contribution is 2.34. The second-order valence-electron chi connectivity index (χ2n) is 6.49. The topological polar surface area (TPSA) is 80.7 Å². The van der Waals surface area contributed by atoms with Gasteiger partial charge in [0.05, 0.1) is 17.8 Å². The second-order valence-corrected chi connectivity index (χ2v) is 6.49. The fourth-order valence-corrected chi connectivity index (χ4v) is 3.66. The van der Waals surface area contributed by atoms with Gasteiger partial charge in [-0.05, 0) is 55.4 Å². The van der Waals surface area contributed by atoms with Gasteiger partial charge in [0.1, 0.15) is 6.29 Å². The summed E-state index contributed by atoms with van der Waals surface area (Å²) in [7, 11) is 1.80. The summed E-state index contributed by atoms with van der Waals surface area (Å²) in [5, 5.41) is 1.20. The number of nitrogens with two attached hydrogens (primary N) is 1. The number of carbonyl (C=O) groups excluding carboxylic acids is 1. The van der Waals surface area contributed by atoms with Gasteiger partial charge in [-0.1, -0.05) is 6.07 Å². The molecule has 0 unspecified atom stereocenters. The van der Waals surface area contributed by atoms with Crippen LogP contribution in [0.4, 0.5) is 0 Å². The van der Waals surface area contributed by atoms with Crippen LogP contribution in [0.2, 0.25) is 0 Å². The average Bonchev–Trinajstić information content (AvgIpc) is 2.67. The maximum absolute atomic E-state index is 10.6. The minimum atomic E-state index is 0.128. The molecular weight excluding hydrogens is 324 g/mol. The van der Waals surface area contributed by atoms with Crippen molar-refractivity contribution in [1.29, 1.82) is 0 Å². The lowest BCUT2D eigenvalue weighted by Crippen LogP contribution is -2.12. The van der Waals surface area contributed by atoms with Gasteiger partial charge < -0.3 is 10.5 Å². The Morgan fingerprint density at radius 2 is 2.04 bits per heavy atom. The highest BCUT2D eigenvalue weighted by molar-refractivity contribution is 6.11. The number of pyridine rings is 1. The number of allylic oxidation sites excluding steroid dienone is 1. The Morgan fingerprint density at radius 3 is 2.73 bits per heavy atom. The Balaban J connectivity index is 2.30. The third-order valence-electron chi connectivity index (χ3n) is 4.85. The Morgan fingerprint density at radius 1 is 1.27 bits per heavy atom. The van der Waals surface area contributed by atoms with E-state index in [0.717, 1.165) is 47.9 Å². The molecule has 1 aromatic heterocycles. The number of fused-ring (bicyclic) bond motifs is 3. The van der Waals surface area contributed by atoms with Gasteiger partial charge in [-0.2, -0.15) is 0 Å². The van der Waals surface area contributed by atoms with Gasteiger partial charge >= 0.3 is 0 Å². The van der Waals surface area contributed by atoms with Crippen molar-refractivity contribution < 1.29 is 4.79 Å². The number of aldehydes is 1. The van der Waals surface area contributed by atoms with Gasteiger partial charge in [-0.15, -0.1) is 0 Å². The van der Waals surface area contributed by atoms with E-state index in [1.165, 1.54) is 34.7 Å². The molecule has 1 aliphatic rings. The van der Waals surface area contributed by atoms with Crippen molar-refractivity contribution in [2.45, 2.75) is 32.6 Å². The quantitative estimate of drug-likeness (QED) is 0.666. The van der Waals surface area contributed by atoms with E-state index in [2.05, 4.69) is 29.0 Å². The van der Waals surface area contributed by atoms with Crippen LogP contribution in [0, 0.1) is 6.92 Å². The smallest absolute Gasteiger partial charge is 0.141 e. The van der Waals surface area contributed by atoms with Crippen LogP contribution in [0.15, 0.2) is 28.3 Å². The summed E-state index contributed by atoms with van der Waals surface area (Å²) in [5.41, 5.74) is 13.4. The first-order valence-electron chi connectivity index (χ1n) is 8.94. The first kappa shape index (κ1) is 18.0. The molecule has 134 valence electrons. The number of aliphatic imine (C=N–C) groups is 2. The lowest BCUT2D eigenvalue weighted by Gasteiger charge is -2.23. The van der Waals surface area contributed by atoms with Crippen molar-refractivity contribution in [3.63, 3.8) is 0 Å². The zero-order valence-electron chi connectivity index (χ0n) is 15.3. The third-order valence-corrected chi connectivity index (χ3v) is 4.85. The van der Waals surface area contributed by atoms with Crippen LogP contribution in [0.25, 0.3) is 16.5 Å². The van der Waals surface area contributed by atoms with E-state index in [4.69, 9.17) is 10.7 Å². The van der Waals surface area contributed by atoms with E-state index in [-0.39, 0.29) is 6.54 Å². The molecule has 0 bridgehead atoms. The van der Waals surface area contributed by atoms with Crippen molar-refractivity contribution in [2.24, 2.45) is 15.7 Å². The van der Waals surface area contributed by atoms with E-state index in [1.54, 1.807) is 13.3 Å². The molecule has 5 heteroatoms. The molecule has 3 rings (SSSR count). The first-order chi connectivity index (χ1) is 12.7. The Kier molecular flexibility index (Phi) is 5.56. The molecule has 26 heavy (non-hydrogen) atoms. The fourth-order valence-electron chi connectivity index (χ4n) is 3.66. The van der Waals surface area contributed by atoms with Gasteiger partial charge in [0.25, 0.3) is 0 Å². The molecule has 0 spiro atoms. The molecule has 1 heterocycles. The van der Waals surface area contributed by atoms with Crippen molar-refractivity contribution >= 4 is 35.2 Å². The number of aromatic nitrogens is 1. The van der Waals surface area contributed by atoms with Gasteiger partial charge in [0.2, 0.25) is 0 Å². The Hall–Kier alpha value is -2.82. The lowest BCUT2D eigenvalue weighted by molar-refractivity contribution is -0.106. The second kappa shape index (κ2) is 8.04. The molecule has 5 nitrogen and oxygen atoms in total. The maximum atomic E-state index is 10.6. The molecule has 2 N–H and O–H groups in total. The van der Waals surface area contributed by atoms with Crippen LogP contribution in [0.5, 0.6) is 0 Å². The van der Waals surface area contributed by atoms with Gasteiger partial charge in [-0.3, -0.25) is 9.98 Å². The van der Waals surface area contributed by atoms with Crippen LogP contribution >= 0.6 is 0 Å². The van der Waals surface area contributed by atoms with E-state index >= 15 is 0 Å². The minimum Gasteiger partial charge on any atom is -0.404 e. The summed E-state index contributed by atoms with van der Waals surface area (Å²) in [4.78, 5) is 23.9. The van der Waals surface area contributed by atoms with Crippen LogP contribution in [-0.4, -0.2) is 37.3 Å². The molecule has 0 aliphatic heterocycles. The van der Waals surface area contributed by atoms with E-state index in [9.17, 15) is 4.79 Å². The Bertz CT molecular complexity index is 925. The first-order valence-corrected chi connectivity index (χ1v) is 8.94. The van der Waals surface area contributed by atoms with Gasteiger partial charge in [0.15, 0.2) is 0 Å². The summed E-state index contributed by atoms with van der Waals surface area (Å²) < 4.78 is 0. The molecule has 0 radical (unpaired) electrons. The predicted octanol–water partition coefficient (Wildman–Crippen LogP) is 3.04. The average molecular weight is 348 g/mol. The summed E-state index contributed by atoms with van der Waals surface area (Å²) in [5.74, 6) is 0. The molecule has 0 amide bonds. The largest absolute Gasteiger partial charge is 0.404 e. The predicted molar refractivity (Wildman–Crippen MR) is 108 cm³/mol. The maximum Gasteiger partial charge on any atom is 0.141 e. The monoisotopic (exact) mass is 348 g/mol. The number of hydrogen-bond acceptors (Lipinski definition) is 5.